The first kappa shape index (κ1) is 20.4. The van der Waals surface area contributed by atoms with Crippen molar-refractivity contribution in [3.63, 3.8) is 0 Å². The number of nitrogens with zero attached hydrogens (tertiary/aromatic N) is 1. The number of anilines is 1. The molecule has 4 rings (SSSR count). The molecule has 0 aromatic heterocycles. The molecule has 0 saturated carbocycles. The van der Waals surface area contributed by atoms with Crippen LogP contribution in [0.3, 0.4) is 0 Å². The number of carbonyl (C=O) groups is 1. The summed E-state index contributed by atoms with van der Waals surface area (Å²) in [5.74, 6) is 0.129. The summed E-state index contributed by atoms with van der Waals surface area (Å²) in [6, 6.07) is 9.79. The van der Waals surface area contributed by atoms with E-state index in [4.69, 9.17) is 9.47 Å². The van der Waals surface area contributed by atoms with Crippen molar-refractivity contribution in [3.8, 4) is 11.5 Å². The normalized spacial score (nSPS) is 18.2. The summed E-state index contributed by atoms with van der Waals surface area (Å²) in [4.78, 5) is 14.3. The van der Waals surface area contributed by atoms with Crippen LogP contribution in [-0.2, 0) is 11.2 Å². The van der Waals surface area contributed by atoms with Gasteiger partial charge in [-0.2, -0.15) is 0 Å². The fraction of sp³-hybridized carbons (Fsp3) is 0.435. The fourth-order valence-electron chi connectivity index (χ4n) is 3.88. The van der Waals surface area contributed by atoms with Crippen LogP contribution in [0.2, 0.25) is 0 Å². The average molecular weight is 416 g/mol. The molecule has 1 unspecified atom stereocenters. The van der Waals surface area contributed by atoms with Crippen molar-refractivity contribution in [1.29, 1.82) is 0 Å². The first-order valence-corrected chi connectivity index (χ1v) is 10.4. The van der Waals surface area contributed by atoms with Crippen LogP contribution in [0.25, 0.3) is 0 Å². The highest BCUT2D eigenvalue weighted by atomic mass is 19.2. The summed E-state index contributed by atoms with van der Waals surface area (Å²) < 4.78 is 37.9. The number of hydrogen-bond donors (Lipinski definition) is 1. The first-order chi connectivity index (χ1) is 14.6. The van der Waals surface area contributed by atoms with Crippen LogP contribution in [0.1, 0.15) is 24.8 Å². The van der Waals surface area contributed by atoms with E-state index in [1.54, 1.807) is 6.07 Å². The Hall–Kier alpha value is -2.83. The standard InChI is InChI=1S/C23H26F2N2O3/c24-19-5-4-18(13-20(19)25)27-9-8-17(15-27)14-26-23(28)7-3-16-2-6-21-22(12-16)30-11-1-10-29-21/h2,4-6,12-13,17H,1,3,7-11,14-15H2,(H,26,28). The second kappa shape index (κ2) is 9.32. The van der Waals surface area contributed by atoms with E-state index in [2.05, 4.69) is 5.32 Å². The van der Waals surface area contributed by atoms with Gasteiger partial charge in [-0.3, -0.25) is 4.79 Å². The van der Waals surface area contributed by atoms with E-state index >= 15 is 0 Å². The third-order valence-electron chi connectivity index (χ3n) is 5.59. The maximum atomic E-state index is 13.4. The lowest BCUT2D eigenvalue weighted by atomic mass is 10.1. The highest BCUT2D eigenvalue weighted by Gasteiger charge is 2.23. The Morgan fingerprint density at radius 2 is 1.90 bits per heavy atom. The van der Waals surface area contributed by atoms with Crippen molar-refractivity contribution < 1.29 is 23.0 Å². The number of nitrogens with one attached hydrogen (secondary N) is 1. The molecule has 0 aliphatic carbocycles. The van der Waals surface area contributed by atoms with Crippen molar-refractivity contribution in [2.45, 2.75) is 25.7 Å². The van der Waals surface area contributed by atoms with Gasteiger partial charge in [0.2, 0.25) is 5.91 Å². The molecule has 1 amide bonds. The molecule has 1 saturated heterocycles. The smallest absolute Gasteiger partial charge is 0.220 e. The molecule has 0 radical (unpaired) electrons. The van der Waals surface area contributed by atoms with E-state index in [-0.39, 0.29) is 5.91 Å². The minimum atomic E-state index is -0.838. The molecule has 1 N–H and O–H groups in total. The Balaban J connectivity index is 1.22. The van der Waals surface area contributed by atoms with Crippen molar-refractivity contribution in [2.24, 2.45) is 5.92 Å². The molecule has 160 valence electrons. The lowest BCUT2D eigenvalue weighted by molar-refractivity contribution is -0.121. The summed E-state index contributed by atoms with van der Waals surface area (Å²) in [5.41, 5.74) is 1.72. The molecule has 0 bridgehead atoms. The van der Waals surface area contributed by atoms with Gasteiger partial charge in [0.15, 0.2) is 23.1 Å². The van der Waals surface area contributed by atoms with Crippen LogP contribution in [-0.4, -0.2) is 38.8 Å². The molecule has 1 atom stereocenters. The zero-order valence-electron chi connectivity index (χ0n) is 16.8. The van der Waals surface area contributed by atoms with Gasteiger partial charge >= 0.3 is 0 Å². The number of carbonyl (C=O) groups excluding carboxylic acids is 1. The van der Waals surface area contributed by atoms with E-state index in [0.29, 0.717) is 50.8 Å². The van der Waals surface area contributed by atoms with Gasteiger partial charge in [-0.25, -0.2) is 8.78 Å². The first-order valence-electron chi connectivity index (χ1n) is 10.4. The van der Waals surface area contributed by atoms with Crippen LogP contribution in [0.5, 0.6) is 11.5 Å². The number of amides is 1. The average Bonchev–Trinajstić information content (AvgIpc) is 3.10. The van der Waals surface area contributed by atoms with Gasteiger partial charge in [-0.15, -0.1) is 0 Å². The number of halogens is 2. The highest BCUT2D eigenvalue weighted by Crippen LogP contribution is 2.30. The Labute approximate surface area is 175 Å². The quantitative estimate of drug-likeness (QED) is 0.780. The fourth-order valence-corrected chi connectivity index (χ4v) is 3.88. The summed E-state index contributed by atoms with van der Waals surface area (Å²) in [7, 11) is 0. The van der Waals surface area contributed by atoms with Gasteiger partial charge in [0.1, 0.15) is 0 Å². The molecular weight excluding hydrogens is 390 g/mol. The zero-order valence-corrected chi connectivity index (χ0v) is 16.8. The van der Waals surface area contributed by atoms with Crippen LogP contribution in [0.15, 0.2) is 36.4 Å². The second-order valence-corrected chi connectivity index (χ2v) is 7.83. The monoisotopic (exact) mass is 416 g/mol. The molecule has 1 fully saturated rings. The van der Waals surface area contributed by atoms with E-state index in [1.165, 1.54) is 6.07 Å². The van der Waals surface area contributed by atoms with Gasteiger partial charge in [0.05, 0.1) is 13.2 Å². The number of ether oxygens (including phenoxy) is 2. The summed E-state index contributed by atoms with van der Waals surface area (Å²) in [6.07, 6.45) is 2.80. The molecule has 2 aliphatic heterocycles. The largest absolute Gasteiger partial charge is 0.490 e. The number of fused-ring (bicyclic) bond motifs is 1. The maximum Gasteiger partial charge on any atom is 0.220 e. The maximum absolute atomic E-state index is 13.4. The van der Waals surface area contributed by atoms with Crippen LogP contribution in [0.4, 0.5) is 14.5 Å². The Bertz CT molecular complexity index is 906. The molecule has 2 heterocycles. The van der Waals surface area contributed by atoms with Gasteiger partial charge in [-0.1, -0.05) is 6.07 Å². The second-order valence-electron chi connectivity index (χ2n) is 7.83. The van der Waals surface area contributed by atoms with Crippen molar-refractivity contribution in [3.05, 3.63) is 53.6 Å². The molecule has 2 aliphatic rings. The zero-order chi connectivity index (χ0) is 20.9. The van der Waals surface area contributed by atoms with E-state index in [0.717, 1.165) is 42.5 Å². The Morgan fingerprint density at radius 1 is 1.07 bits per heavy atom. The van der Waals surface area contributed by atoms with Gasteiger partial charge in [-0.05, 0) is 48.6 Å². The van der Waals surface area contributed by atoms with Crippen molar-refractivity contribution >= 4 is 11.6 Å². The molecular formula is C23H26F2N2O3. The van der Waals surface area contributed by atoms with Crippen LogP contribution in [0, 0.1) is 17.6 Å². The van der Waals surface area contributed by atoms with Crippen molar-refractivity contribution in [2.75, 3.05) is 37.7 Å². The third kappa shape index (κ3) is 5.01. The molecule has 0 spiro atoms. The van der Waals surface area contributed by atoms with Gasteiger partial charge in [0, 0.05) is 44.2 Å². The lowest BCUT2D eigenvalue weighted by Gasteiger charge is -2.19. The molecule has 2 aromatic carbocycles. The van der Waals surface area contributed by atoms with Crippen LogP contribution >= 0.6 is 0 Å². The Morgan fingerprint density at radius 3 is 2.73 bits per heavy atom. The third-order valence-corrected chi connectivity index (χ3v) is 5.59. The number of hydrogen-bond acceptors (Lipinski definition) is 4. The minimum absolute atomic E-state index is 0.00777. The van der Waals surface area contributed by atoms with Gasteiger partial charge in [0.25, 0.3) is 0 Å². The topological polar surface area (TPSA) is 50.8 Å². The lowest BCUT2D eigenvalue weighted by Crippen LogP contribution is -2.31. The van der Waals surface area contributed by atoms with E-state index in [1.807, 2.05) is 23.1 Å². The summed E-state index contributed by atoms with van der Waals surface area (Å²) in [5, 5.41) is 3.00. The number of rotatable bonds is 6. The molecule has 30 heavy (non-hydrogen) atoms. The van der Waals surface area contributed by atoms with Crippen LogP contribution < -0.4 is 19.7 Å². The SMILES string of the molecule is O=C(CCc1ccc2c(c1)OCCCO2)NCC1CCN(c2ccc(F)c(F)c2)C1. The molecule has 5 nitrogen and oxygen atoms in total. The van der Waals surface area contributed by atoms with E-state index in [9.17, 15) is 13.6 Å². The summed E-state index contributed by atoms with van der Waals surface area (Å²) >= 11 is 0. The Kier molecular flexibility index (Phi) is 6.35. The predicted octanol–water partition coefficient (Wildman–Crippen LogP) is 3.70. The highest BCUT2D eigenvalue weighted by molar-refractivity contribution is 5.76. The number of aryl methyl sites for hydroxylation is 1. The molecule has 2 aromatic rings. The number of benzene rings is 2. The minimum Gasteiger partial charge on any atom is -0.490 e. The van der Waals surface area contributed by atoms with Crippen molar-refractivity contribution in [1.82, 2.24) is 5.32 Å². The molecule has 7 heteroatoms. The van der Waals surface area contributed by atoms with E-state index < -0.39 is 11.6 Å². The van der Waals surface area contributed by atoms with Gasteiger partial charge < -0.3 is 19.7 Å². The summed E-state index contributed by atoms with van der Waals surface area (Å²) in [6.45, 7) is 3.36. The predicted molar refractivity (Wildman–Crippen MR) is 110 cm³/mol.